The van der Waals surface area contributed by atoms with Gasteiger partial charge in [-0.05, 0) is 37.3 Å². The number of alkyl halides is 1. The number of aryl methyl sites for hydroxylation is 2. The third kappa shape index (κ3) is 2.52. The highest BCUT2D eigenvalue weighted by Crippen LogP contribution is 2.39. The third-order valence-electron chi connectivity index (χ3n) is 2.84. The van der Waals surface area contributed by atoms with Crippen LogP contribution in [0.3, 0.4) is 0 Å². The number of hydrogen-bond donors (Lipinski definition) is 0. The summed E-state index contributed by atoms with van der Waals surface area (Å²) in [6.45, 7) is 11.0. The zero-order valence-corrected chi connectivity index (χ0v) is 11.2. The van der Waals surface area contributed by atoms with Gasteiger partial charge in [-0.3, -0.25) is 0 Å². The van der Waals surface area contributed by atoms with E-state index in [0.29, 0.717) is 11.8 Å². The predicted octanol–water partition coefficient (Wildman–Crippen LogP) is 4.94. The van der Waals surface area contributed by atoms with Crippen molar-refractivity contribution in [2.45, 2.75) is 40.0 Å². The van der Waals surface area contributed by atoms with E-state index in [1.807, 2.05) is 11.3 Å². The minimum Gasteiger partial charge on any atom is -0.144 e. The Morgan fingerprint density at radius 2 is 1.79 bits per heavy atom. The van der Waals surface area contributed by atoms with E-state index in [0.717, 1.165) is 0 Å². The lowest BCUT2D eigenvalue weighted by Crippen LogP contribution is -2.10. The van der Waals surface area contributed by atoms with Gasteiger partial charge in [0.15, 0.2) is 0 Å². The molecule has 80 valence electrons. The Labute approximate surface area is 96.3 Å². The van der Waals surface area contributed by atoms with Crippen LogP contribution in [0.2, 0.25) is 0 Å². The number of halogens is 1. The van der Waals surface area contributed by atoms with Gasteiger partial charge in [0.25, 0.3) is 0 Å². The first kappa shape index (κ1) is 12.1. The lowest BCUT2D eigenvalue weighted by atomic mass is 9.93. The van der Waals surface area contributed by atoms with Gasteiger partial charge in [0, 0.05) is 9.75 Å². The molecule has 2 heteroatoms. The van der Waals surface area contributed by atoms with Crippen molar-refractivity contribution in [1.29, 1.82) is 0 Å². The number of hydrogen-bond acceptors (Lipinski definition) is 1. The SMILES string of the molecule is Cc1cc(C)c(C(Cl)C(C)C(C)C)s1. The Hall–Kier alpha value is -0.0100. The topological polar surface area (TPSA) is 0 Å². The molecule has 0 N–H and O–H groups in total. The van der Waals surface area contributed by atoms with E-state index in [4.69, 9.17) is 11.6 Å². The molecule has 1 heterocycles. The second-order valence-electron chi connectivity index (χ2n) is 4.41. The van der Waals surface area contributed by atoms with Crippen molar-refractivity contribution in [3.8, 4) is 0 Å². The summed E-state index contributed by atoms with van der Waals surface area (Å²) in [5, 5.41) is 0.175. The van der Waals surface area contributed by atoms with Crippen LogP contribution >= 0.6 is 22.9 Å². The van der Waals surface area contributed by atoms with E-state index in [-0.39, 0.29) is 5.38 Å². The van der Waals surface area contributed by atoms with Gasteiger partial charge in [-0.15, -0.1) is 22.9 Å². The molecule has 0 amide bonds. The van der Waals surface area contributed by atoms with Crippen LogP contribution in [0, 0.1) is 25.7 Å². The van der Waals surface area contributed by atoms with Gasteiger partial charge in [0.05, 0.1) is 5.38 Å². The molecule has 0 bridgehead atoms. The van der Waals surface area contributed by atoms with Crippen molar-refractivity contribution in [2.24, 2.45) is 11.8 Å². The van der Waals surface area contributed by atoms with E-state index < -0.39 is 0 Å². The molecule has 0 saturated carbocycles. The van der Waals surface area contributed by atoms with Gasteiger partial charge in [0.2, 0.25) is 0 Å². The molecule has 0 spiro atoms. The van der Waals surface area contributed by atoms with Crippen LogP contribution in [0.4, 0.5) is 0 Å². The highest BCUT2D eigenvalue weighted by atomic mass is 35.5. The minimum atomic E-state index is 0.175. The van der Waals surface area contributed by atoms with E-state index in [2.05, 4.69) is 40.7 Å². The molecule has 0 saturated heterocycles. The van der Waals surface area contributed by atoms with Crippen molar-refractivity contribution in [2.75, 3.05) is 0 Å². The van der Waals surface area contributed by atoms with Gasteiger partial charge in [-0.2, -0.15) is 0 Å². The van der Waals surface area contributed by atoms with Gasteiger partial charge in [0.1, 0.15) is 0 Å². The van der Waals surface area contributed by atoms with Gasteiger partial charge in [-0.25, -0.2) is 0 Å². The van der Waals surface area contributed by atoms with Crippen LogP contribution in [-0.2, 0) is 0 Å². The molecule has 2 unspecified atom stereocenters. The van der Waals surface area contributed by atoms with Crippen LogP contribution in [0.25, 0.3) is 0 Å². The zero-order chi connectivity index (χ0) is 10.9. The van der Waals surface area contributed by atoms with Crippen molar-refractivity contribution in [1.82, 2.24) is 0 Å². The summed E-state index contributed by atoms with van der Waals surface area (Å²) in [7, 11) is 0. The highest BCUT2D eigenvalue weighted by molar-refractivity contribution is 7.12. The first-order valence-corrected chi connectivity index (χ1v) is 6.39. The van der Waals surface area contributed by atoms with Crippen LogP contribution in [-0.4, -0.2) is 0 Å². The lowest BCUT2D eigenvalue weighted by molar-refractivity contribution is 0.408. The Morgan fingerprint density at radius 3 is 2.14 bits per heavy atom. The first-order chi connectivity index (χ1) is 6.43. The third-order valence-corrected chi connectivity index (χ3v) is 4.82. The molecule has 0 fully saturated rings. The molecule has 1 aromatic rings. The fraction of sp³-hybridized carbons (Fsp3) is 0.667. The maximum atomic E-state index is 6.48. The van der Waals surface area contributed by atoms with Crippen molar-refractivity contribution >= 4 is 22.9 Å². The quantitative estimate of drug-likeness (QED) is 0.646. The molecule has 0 aliphatic heterocycles. The Balaban J connectivity index is 2.88. The summed E-state index contributed by atoms with van der Waals surface area (Å²) >= 11 is 8.32. The smallest absolute Gasteiger partial charge is 0.0709 e. The molecule has 14 heavy (non-hydrogen) atoms. The van der Waals surface area contributed by atoms with E-state index in [1.54, 1.807) is 0 Å². The Kier molecular flexibility index (Phi) is 4.03. The molecule has 0 radical (unpaired) electrons. The number of thiophene rings is 1. The summed E-state index contributed by atoms with van der Waals surface area (Å²) in [6, 6.07) is 2.22. The summed E-state index contributed by atoms with van der Waals surface area (Å²) in [4.78, 5) is 2.71. The Morgan fingerprint density at radius 1 is 1.21 bits per heavy atom. The normalized spacial score (nSPS) is 15.9. The fourth-order valence-electron chi connectivity index (χ4n) is 1.51. The van der Waals surface area contributed by atoms with E-state index >= 15 is 0 Å². The molecular formula is C12H19ClS. The molecule has 0 nitrogen and oxygen atoms in total. The van der Waals surface area contributed by atoms with Crippen molar-refractivity contribution < 1.29 is 0 Å². The zero-order valence-electron chi connectivity index (χ0n) is 9.60. The van der Waals surface area contributed by atoms with Gasteiger partial charge < -0.3 is 0 Å². The maximum Gasteiger partial charge on any atom is 0.0709 e. The summed E-state index contributed by atoms with van der Waals surface area (Å²) in [6.07, 6.45) is 0. The predicted molar refractivity (Wildman–Crippen MR) is 66.4 cm³/mol. The van der Waals surface area contributed by atoms with Crippen molar-refractivity contribution in [3.05, 3.63) is 21.4 Å². The van der Waals surface area contributed by atoms with Crippen LogP contribution < -0.4 is 0 Å². The summed E-state index contributed by atoms with van der Waals surface area (Å²) in [5.41, 5.74) is 1.35. The second kappa shape index (κ2) is 4.67. The second-order valence-corrected chi connectivity index (χ2v) is 6.17. The van der Waals surface area contributed by atoms with Gasteiger partial charge in [-0.1, -0.05) is 20.8 Å². The molecule has 1 aromatic heterocycles. The summed E-state index contributed by atoms with van der Waals surface area (Å²) < 4.78 is 0. The average Bonchev–Trinajstić information content (AvgIpc) is 2.42. The molecule has 0 aliphatic carbocycles. The fourth-order valence-corrected chi connectivity index (χ4v) is 3.24. The van der Waals surface area contributed by atoms with Crippen LogP contribution in [0.5, 0.6) is 0 Å². The summed E-state index contributed by atoms with van der Waals surface area (Å²) in [5.74, 6) is 1.17. The molecule has 0 aliphatic rings. The number of rotatable bonds is 3. The molecule has 2 atom stereocenters. The average molecular weight is 231 g/mol. The maximum absolute atomic E-state index is 6.48. The molecule has 0 aromatic carbocycles. The highest BCUT2D eigenvalue weighted by Gasteiger charge is 2.22. The molecule has 1 rings (SSSR count). The van der Waals surface area contributed by atoms with Gasteiger partial charge >= 0.3 is 0 Å². The lowest BCUT2D eigenvalue weighted by Gasteiger charge is -2.21. The first-order valence-electron chi connectivity index (χ1n) is 5.14. The van der Waals surface area contributed by atoms with Crippen LogP contribution in [0.15, 0.2) is 6.07 Å². The van der Waals surface area contributed by atoms with Crippen LogP contribution in [0.1, 0.15) is 41.5 Å². The largest absolute Gasteiger partial charge is 0.144 e. The van der Waals surface area contributed by atoms with E-state index in [9.17, 15) is 0 Å². The standard InChI is InChI=1S/C12H19ClS/c1-7(2)10(5)11(13)12-8(3)6-9(4)14-12/h6-7,10-11H,1-5H3. The monoisotopic (exact) mass is 230 g/mol. The molecular weight excluding hydrogens is 212 g/mol. The van der Waals surface area contributed by atoms with E-state index in [1.165, 1.54) is 15.3 Å². The van der Waals surface area contributed by atoms with Crippen molar-refractivity contribution in [3.63, 3.8) is 0 Å². The minimum absolute atomic E-state index is 0.175. The Bertz CT molecular complexity index is 301.